The highest BCUT2D eigenvalue weighted by atomic mass is 16.3. The van der Waals surface area contributed by atoms with Gasteiger partial charge in [0.25, 0.3) is 0 Å². The van der Waals surface area contributed by atoms with E-state index in [0.29, 0.717) is 6.42 Å². The Bertz CT molecular complexity index is 1340. The highest BCUT2D eigenvalue weighted by Gasteiger charge is 2.17. The molecule has 0 radical (unpaired) electrons. The molecular formula is C61H101NO3. The Kier molecular flexibility index (Phi) is 51.9. The first-order valence-electron chi connectivity index (χ1n) is 26.9. The van der Waals surface area contributed by atoms with Crippen molar-refractivity contribution in [3.63, 3.8) is 0 Å². The molecule has 368 valence electrons. The lowest BCUT2D eigenvalue weighted by molar-refractivity contribution is -0.123. The molecule has 0 heterocycles. The van der Waals surface area contributed by atoms with Gasteiger partial charge in [-0.1, -0.05) is 250 Å². The summed E-state index contributed by atoms with van der Waals surface area (Å²) < 4.78 is 0. The summed E-state index contributed by atoms with van der Waals surface area (Å²) in [6.45, 7) is 4.16. The monoisotopic (exact) mass is 896 g/mol. The number of carbonyl (C=O) groups excluding carboxylic acids is 1. The van der Waals surface area contributed by atoms with Crippen LogP contribution >= 0.6 is 0 Å². The number of hydrogen-bond acceptors (Lipinski definition) is 3. The van der Waals surface area contributed by atoms with Gasteiger partial charge in [-0.25, -0.2) is 0 Å². The maximum Gasteiger partial charge on any atom is 0.220 e. The molecule has 65 heavy (non-hydrogen) atoms. The second kappa shape index (κ2) is 54.9. The van der Waals surface area contributed by atoms with Crippen molar-refractivity contribution < 1.29 is 15.0 Å². The van der Waals surface area contributed by atoms with Crippen LogP contribution in [0.2, 0.25) is 0 Å². The Hall–Kier alpha value is -3.47. The van der Waals surface area contributed by atoms with Gasteiger partial charge in [0, 0.05) is 6.42 Å². The highest BCUT2D eigenvalue weighted by Crippen LogP contribution is 2.14. The Labute approximate surface area is 402 Å². The van der Waals surface area contributed by atoms with Gasteiger partial charge in [-0.05, 0) is 103 Å². The minimum Gasteiger partial charge on any atom is -0.394 e. The quantitative estimate of drug-likeness (QED) is 0.0421. The Balaban J connectivity index is 3.62. The first-order valence-corrected chi connectivity index (χ1v) is 26.9. The van der Waals surface area contributed by atoms with E-state index in [0.717, 1.165) is 89.9 Å². The summed E-state index contributed by atoms with van der Waals surface area (Å²) in [7, 11) is 0. The van der Waals surface area contributed by atoms with Gasteiger partial charge < -0.3 is 15.5 Å². The van der Waals surface area contributed by atoms with Gasteiger partial charge in [-0.2, -0.15) is 0 Å². The van der Waals surface area contributed by atoms with Crippen LogP contribution in [0.25, 0.3) is 0 Å². The van der Waals surface area contributed by atoms with E-state index in [1.54, 1.807) is 6.08 Å². The van der Waals surface area contributed by atoms with Crippen molar-refractivity contribution >= 4 is 5.91 Å². The standard InChI is InChI=1S/C61H101NO3/c1-3-5-7-9-11-13-15-17-19-20-21-22-23-24-25-26-27-28-29-30-31-32-33-34-35-36-37-38-39-40-41-42-43-45-47-49-51-53-55-57-61(65)62-59(58-63)60(64)56-54-52-50-48-46-44-18-16-14-12-10-8-6-4-2/h5,7,11,13,17,19,21-22,24-25,27-28,30-31,33-34,36-37,46,48,54,56,59-60,63-64H,3-4,6,8-10,12,14-16,18,20,23,26,29,32,35,38-45,47,49-53,55,57-58H2,1-2H3,(H,62,65)/b7-5-,13-11-,19-17-,22-21-,25-24-,28-27-,31-30-,34-33-,37-36-,48-46+,56-54+. The molecule has 0 aliphatic heterocycles. The maximum absolute atomic E-state index is 12.4. The molecule has 2 atom stereocenters. The molecule has 0 rings (SSSR count). The van der Waals surface area contributed by atoms with Crippen molar-refractivity contribution in [2.45, 2.75) is 238 Å². The second-order valence-corrected chi connectivity index (χ2v) is 17.6. The molecule has 0 aliphatic rings. The SMILES string of the molecule is CC/C=C\C/C=C\C/C=C\C/C=C\C/C=C\C/C=C\C/C=C\C/C=C\C/C=C\CCCCCCCCCCCCCC(=O)NC(CO)C(O)/C=C/CC/C=C/CCCCCCCCCC. The average Bonchev–Trinajstić information content (AvgIpc) is 3.31. The third-order valence-corrected chi connectivity index (χ3v) is 11.4. The van der Waals surface area contributed by atoms with Crippen LogP contribution in [0.1, 0.15) is 226 Å². The van der Waals surface area contributed by atoms with E-state index in [-0.39, 0.29) is 12.5 Å². The van der Waals surface area contributed by atoms with Crippen LogP contribution in [0.15, 0.2) is 134 Å². The summed E-state index contributed by atoms with van der Waals surface area (Å²) in [6.07, 6.45) is 85.9. The molecule has 0 saturated carbocycles. The van der Waals surface area contributed by atoms with Gasteiger partial charge >= 0.3 is 0 Å². The molecular weight excluding hydrogens is 795 g/mol. The summed E-state index contributed by atoms with van der Waals surface area (Å²) in [5.74, 6) is -0.0833. The zero-order valence-electron chi connectivity index (χ0n) is 42.2. The third kappa shape index (κ3) is 51.4. The molecule has 3 N–H and O–H groups in total. The minimum atomic E-state index is -0.870. The van der Waals surface area contributed by atoms with Crippen LogP contribution < -0.4 is 5.32 Å². The molecule has 2 unspecified atom stereocenters. The van der Waals surface area contributed by atoms with E-state index in [1.165, 1.54) is 116 Å². The van der Waals surface area contributed by atoms with Gasteiger partial charge in [0.05, 0.1) is 18.8 Å². The molecule has 4 heteroatoms. The fraction of sp³-hybridized carbons (Fsp3) is 0.623. The van der Waals surface area contributed by atoms with E-state index >= 15 is 0 Å². The van der Waals surface area contributed by atoms with Crippen molar-refractivity contribution in [1.82, 2.24) is 5.32 Å². The van der Waals surface area contributed by atoms with Gasteiger partial charge in [0.1, 0.15) is 0 Å². The summed E-state index contributed by atoms with van der Waals surface area (Å²) in [6, 6.07) is -0.648. The van der Waals surface area contributed by atoms with E-state index in [2.05, 4.69) is 141 Å². The number of carbonyl (C=O) groups is 1. The van der Waals surface area contributed by atoms with E-state index < -0.39 is 12.1 Å². The topological polar surface area (TPSA) is 69.6 Å². The zero-order chi connectivity index (χ0) is 47.0. The van der Waals surface area contributed by atoms with Gasteiger partial charge in [0.15, 0.2) is 0 Å². The summed E-state index contributed by atoms with van der Waals surface area (Å²) >= 11 is 0. The van der Waals surface area contributed by atoms with Gasteiger partial charge in [-0.15, -0.1) is 0 Å². The fourth-order valence-electron chi connectivity index (χ4n) is 7.30. The van der Waals surface area contributed by atoms with E-state index in [9.17, 15) is 15.0 Å². The van der Waals surface area contributed by atoms with Crippen LogP contribution in [0.5, 0.6) is 0 Å². The molecule has 0 saturated heterocycles. The van der Waals surface area contributed by atoms with Crippen LogP contribution in [0.3, 0.4) is 0 Å². The molecule has 4 nitrogen and oxygen atoms in total. The fourth-order valence-corrected chi connectivity index (χ4v) is 7.30. The van der Waals surface area contributed by atoms with Crippen molar-refractivity contribution in [2.75, 3.05) is 6.61 Å². The second-order valence-electron chi connectivity index (χ2n) is 17.6. The maximum atomic E-state index is 12.4. The van der Waals surface area contributed by atoms with Crippen molar-refractivity contribution in [2.24, 2.45) is 0 Å². The lowest BCUT2D eigenvalue weighted by atomic mass is 10.0. The first-order chi connectivity index (χ1) is 32.2. The molecule has 0 aliphatic carbocycles. The zero-order valence-corrected chi connectivity index (χ0v) is 42.2. The number of unbranched alkanes of at least 4 members (excludes halogenated alkanes) is 20. The van der Waals surface area contributed by atoms with Gasteiger partial charge in [0.2, 0.25) is 5.91 Å². The van der Waals surface area contributed by atoms with Crippen LogP contribution in [0.4, 0.5) is 0 Å². The summed E-state index contributed by atoms with van der Waals surface area (Å²) in [4.78, 5) is 12.4. The van der Waals surface area contributed by atoms with Crippen LogP contribution in [-0.2, 0) is 4.79 Å². The molecule has 0 fully saturated rings. The largest absolute Gasteiger partial charge is 0.394 e. The number of amides is 1. The van der Waals surface area contributed by atoms with Gasteiger partial charge in [-0.3, -0.25) is 4.79 Å². The number of aliphatic hydroxyl groups is 2. The van der Waals surface area contributed by atoms with E-state index in [1.807, 2.05) is 6.08 Å². The lowest BCUT2D eigenvalue weighted by Crippen LogP contribution is -2.45. The predicted octanol–water partition coefficient (Wildman–Crippen LogP) is 17.9. The minimum absolute atomic E-state index is 0.0833. The molecule has 0 spiro atoms. The molecule has 0 aromatic rings. The third-order valence-electron chi connectivity index (χ3n) is 11.4. The molecule has 1 amide bonds. The number of aliphatic hydroxyl groups excluding tert-OH is 2. The normalized spacial score (nSPS) is 14.0. The van der Waals surface area contributed by atoms with E-state index in [4.69, 9.17) is 0 Å². The smallest absolute Gasteiger partial charge is 0.220 e. The first kappa shape index (κ1) is 61.5. The molecule has 0 bridgehead atoms. The lowest BCUT2D eigenvalue weighted by Gasteiger charge is -2.19. The van der Waals surface area contributed by atoms with Crippen molar-refractivity contribution in [3.05, 3.63) is 134 Å². The highest BCUT2D eigenvalue weighted by molar-refractivity contribution is 5.76. The summed E-state index contributed by atoms with van der Waals surface area (Å²) in [5, 5.41) is 23.0. The average molecular weight is 896 g/mol. The molecule has 0 aromatic heterocycles. The number of allylic oxidation sites excluding steroid dienone is 21. The van der Waals surface area contributed by atoms with Crippen LogP contribution in [0, 0.1) is 0 Å². The number of rotatable bonds is 47. The predicted molar refractivity (Wildman–Crippen MR) is 289 cm³/mol. The van der Waals surface area contributed by atoms with Crippen molar-refractivity contribution in [3.8, 4) is 0 Å². The Morgan fingerprint density at radius 1 is 0.385 bits per heavy atom. The molecule has 0 aromatic carbocycles. The van der Waals surface area contributed by atoms with Crippen LogP contribution in [-0.4, -0.2) is 34.9 Å². The summed E-state index contributed by atoms with van der Waals surface area (Å²) in [5.41, 5.74) is 0. The Morgan fingerprint density at radius 3 is 1.08 bits per heavy atom. The number of nitrogens with one attached hydrogen (secondary N) is 1. The Morgan fingerprint density at radius 2 is 0.692 bits per heavy atom. The number of hydrogen-bond donors (Lipinski definition) is 3. The van der Waals surface area contributed by atoms with Crippen molar-refractivity contribution in [1.29, 1.82) is 0 Å².